The molecule has 0 atom stereocenters. The van der Waals surface area contributed by atoms with Crippen LogP contribution in [0.25, 0.3) is 0 Å². The Bertz CT molecular complexity index is 615. The fourth-order valence-electron chi connectivity index (χ4n) is 2.60. The molecule has 6 heteroatoms. The van der Waals surface area contributed by atoms with Crippen LogP contribution >= 0.6 is 11.5 Å². The van der Waals surface area contributed by atoms with Gasteiger partial charge >= 0.3 is 0 Å². The normalized spacial score (nSPS) is 14.1. The molecule has 5 nitrogen and oxygen atoms in total. The smallest absolute Gasteiger partial charge is 0.205 e. The molecule has 1 aromatic carbocycles. The van der Waals surface area contributed by atoms with Crippen molar-refractivity contribution in [1.29, 1.82) is 0 Å². The monoisotopic (exact) mass is 305 g/mol. The van der Waals surface area contributed by atoms with Crippen LogP contribution in [0.2, 0.25) is 0 Å². The Kier molecular flexibility index (Phi) is 4.36. The summed E-state index contributed by atoms with van der Waals surface area (Å²) in [6.45, 7) is 2.48. The molecule has 0 unspecified atom stereocenters. The first kappa shape index (κ1) is 14.3. The highest BCUT2D eigenvalue weighted by Crippen LogP contribution is 2.30. The van der Waals surface area contributed by atoms with Crippen molar-refractivity contribution in [3.63, 3.8) is 0 Å². The number of fused-ring (bicyclic) bond motifs is 1. The summed E-state index contributed by atoms with van der Waals surface area (Å²) < 4.78 is 14.9. The second kappa shape index (κ2) is 6.41. The van der Waals surface area contributed by atoms with Gasteiger partial charge in [0.1, 0.15) is 11.6 Å². The van der Waals surface area contributed by atoms with Crippen molar-refractivity contribution in [3.05, 3.63) is 35.2 Å². The summed E-state index contributed by atoms with van der Waals surface area (Å²) in [5.74, 6) is 1.86. The van der Waals surface area contributed by atoms with Crippen LogP contribution in [0.4, 0.5) is 5.13 Å². The van der Waals surface area contributed by atoms with Gasteiger partial charge in [-0.05, 0) is 18.1 Å². The average Bonchev–Trinajstić information content (AvgIpc) is 3.00. The van der Waals surface area contributed by atoms with Crippen molar-refractivity contribution < 1.29 is 9.47 Å². The van der Waals surface area contributed by atoms with Crippen LogP contribution in [0.15, 0.2) is 18.2 Å². The summed E-state index contributed by atoms with van der Waals surface area (Å²) in [6.07, 6.45) is 1.75. The maximum Gasteiger partial charge on any atom is 0.205 e. The predicted molar refractivity (Wildman–Crippen MR) is 83.2 cm³/mol. The van der Waals surface area contributed by atoms with Crippen molar-refractivity contribution in [2.45, 2.75) is 19.4 Å². The first-order valence-electron chi connectivity index (χ1n) is 7.03. The average molecular weight is 305 g/mol. The maximum atomic E-state index is 5.44. The minimum atomic E-state index is 0.663. The second-order valence-electron chi connectivity index (χ2n) is 5.01. The molecule has 112 valence electrons. The van der Waals surface area contributed by atoms with Crippen molar-refractivity contribution in [1.82, 2.24) is 9.36 Å². The van der Waals surface area contributed by atoms with Gasteiger partial charge < -0.3 is 14.4 Å². The summed E-state index contributed by atoms with van der Waals surface area (Å²) in [7, 11) is 3.43. The lowest BCUT2D eigenvalue weighted by atomic mass is 9.99. The number of aromatic nitrogens is 2. The van der Waals surface area contributed by atoms with Crippen molar-refractivity contribution in [3.8, 4) is 5.75 Å². The summed E-state index contributed by atoms with van der Waals surface area (Å²) in [5.41, 5.74) is 2.63. The number of methoxy groups -OCH3 is 2. The number of nitrogens with zero attached hydrogens (tertiary/aromatic N) is 3. The Labute approximate surface area is 128 Å². The van der Waals surface area contributed by atoms with E-state index in [1.54, 1.807) is 14.2 Å². The van der Waals surface area contributed by atoms with Gasteiger partial charge in [-0.15, -0.1) is 0 Å². The molecule has 0 saturated carbocycles. The first-order valence-corrected chi connectivity index (χ1v) is 7.80. The van der Waals surface area contributed by atoms with E-state index in [0.29, 0.717) is 6.61 Å². The molecular formula is C15H19N3O2S. The fraction of sp³-hybridized carbons (Fsp3) is 0.467. The molecule has 0 radical (unpaired) electrons. The highest BCUT2D eigenvalue weighted by atomic mass is 32.1. The quantitative estimate of drug-likeness (QED) is 0.848. The Morgan fingerprint density at radius 3 is 3.05 bits per heavy atom. The zero-order chi connectivity index (χ0) is 14.7. The first-order chi connectivity index (χ1) is 10.3. The maximum absolute atomic E-state index is 5.44. The number of hydrogen-bond donors (Lipinski definition) is 0. The van der Waals surface area contributed by atoms with Gasteiger partial charge in [-0.2, -0.15) is 4.37 Å². The minimum Gasteiger partial charge on any atom is -0.496 e. The number of rotatable bonds is 5. The third-order valence-electron chi connectivity index (χ3n) is 3.70. The van der Waals surface area contributed by atoms with E-state index in [2.05, 4.69) is 20.3 Å². The van der Waals surface area contributed by atoms with Crippen molar-refractivity contribution >= 4 is 16.7 Å². The molecule has 3 rings (SSSR count). The molecule has 0 amide bonds. The molecule has 1 aromatic heterocycles. The number of benzene rings is 1. The van der Waals surface area contributed by atoms with Gasteiger partial charge in [-0.1, -0.05) is 12.1 Å². The number of anilines is 1. The molecule has 0 fully saturated rings. The molecule has 21 heavy (non-hydrogen) atoms. The zero-order valence-electron chi connectivity index (χ0n) is 12.3. The number of ether oxygens (including phenoxy) is 2. The molecule has 0 N–H and O–H groups in total. The number of hydrogen-bond acceptors (Lipinski definition) is 6. The van der Waals surface area contributed by atoms with Crippen LogP contribution in [0.1, 0.15) is 17.0 Å². The van der Waals surface area contributed by atoms with Gasteiger partial charge in [0.25, 0.3) is 0 Å². The van der Waals surface area contributed by atoms with E-state index in [1.807, 2.05) is 12.1 Å². The second-order valence-corrected chi connectivity index (χ2v) is 5.74. The van der Waals surface area contributed by atoms with Gasteiger partial charge in [-0.3, -0.25) is 0 Å². The van der Waals surface area contributed by atoms with Gasteiger partial charge in [-0.25, -0.2) is 4.98 Å². The van der Waals surface area contributed by atoms with Gasteiger partial charge in [0, 0.05) is 43.7 Å². The van der Waals surface area contributed by atoms with Crippen LogP contribution < -0.4 is 9.64 Å². The molecule has 2 heterocycles. The summed E-state index contributed by atoms with van der Waals surface area (Å²) in [5, 5.41) is 0.995. The highest BCUT2D eigenvalue weighted by molar-refractivity contribution is 7.09. The van der Waals surface area contributed by atoms with E-state index >= 15 is 0 Å². The molecule has 0 bridgehead atoms. The summed E-state index contributed by atoms with van der Waals surface area (Å²) in [6, 6.07) is 6.24. The van der Waals surface area contributed by atoms with Crippen LogP contribution in [0.3, 0.4) is 0 Å². The Hall–Kier alpha value is -1.66. The van der Waals surface area contributed by atoms with Crippen LogP contribution in [-0.4, -0.2) is 36.7 Å². The molecule has 0 saturated heterocycles. The fourth-order valence-corrected chi connectivity index (χ4v) is 3.33. The lowest BCUT2D eigenvalue weighted by Crippen LogP contribution is -2.30. The Morgan fingerprint density at radius 2 is 2.24 bits per heavy atom. The van der Waals surface area contributed by atoms with Gasteiger partial charge in [0.15, 0.2) is 0 Å². The van der Waals surface area contributed by atoms with Crippen LogP contribution in [0.5, 0.6) is 5.75 Å². The van der Waals surface area contributed by atoms with Crippen LogP contribution in [-0.2, 0) is 24.1 Å². The Balaban J connectivity index is 1.75. The van der Waals surface area contributed by atoms with E-state index in [-0.39, 0.29) is 0 Å². The molecule has 2 aromatic rings. The van der Waals surface area contributed by atoms with Crippen LogP contribution in [0, 0.1) is 0 Å². The van der Waals surface area contributed by atoms with E-state index in [9.17, 15) is 0 Å². The zero-order valence-corrected chi connectivity index (χ0v) is 13.2. The third kappa shape index (κ3) is 3.01. The highest BCUT2D eigenvalue weighted by Gasteiger charge is 2.21. The van der Waals surface area contributed by atoms with E-state index < -0.39 is 0 Å². The Morgan fingerprint density at radius 1 is 1.33 bits per heavy atom. The lowest BCUT2D eigenvalue weighted by molar-refractivity contribution is 0.201. The molecular weight excluding hydrogens is 286 g/mol. The van der Waals surface area contributed by atoms with Gasteiger partial charge in [0.05, 0.1) is 13.7 Å². The minimum absolute atomic E-state index is 0.663. The molecule has 1 aliphatic heterocycles. The van der Waals surface area contributed by atoms with Gasteiger partial charge in [0.2, 0.25) is 5.13 Å². The lowest BCUT2D eigenvalue weighted by Gasteiger charge is -2.29. The summed E-state index contributed by atoms with van der Waals surface area (Å²) in [4.78, 5) is 6.90. The molecule has 1 aliphatic rings. The topological polar surface area (TPSA) is 47.5 Å². The van der Waals surface area contributed by atoms with E-state index in [0.717, 1.165) is 42.6 Å². The third-order valence-corrected chi connectivity index (χ3v) is 4.52. The van der Waals surface area contributed by atoms with Crippen molar-refractivity contribution in [2.24, 2.45) is 0 Å². The molecule has 0 aliphatic carbocycles. The standard InChI is InChI=1S/C15H19N3O2S/c1-19-9-7-14-16-15(21-17-14)18-8-6-12-11(10-18)4-3-5-13(12)20-2/h3-5H,6-10H2,1-2H3. The predicted octanol–water partition coefficient (Wildman–Crippen LogP) is 2.30. The van der Waals surface area contributed by atoms with E-state index in [1.165, 1.54) is 22.7 Å². The largest absolute Gasteiger partial charge is 0.496 e. The molecule has 0 spiro atoms. The van der Waals surface area contributed by atoms with E-state index in [4.69, 9.17) is 9.47 Å². The van der Waals surface area contributed by atoms with Crippen molar-refractivity contribution in [2.75, 3.05) is 32.3 Å². The summed E-state index contributed by atoms with van der Waals surface area (Å²) >= 11 is 1.47. The SMILES string of the molecule is COCCc1nsc(N2CCc3c(cccc3OC)C2)n1.